The molecule has 2 amide bonds. The molecule has 3 aromatic rings. The molecule has 0 bridgehead atoms. The zero-order valence-corrected chi connectivity index (χ0v) is 19.7. The SMILES string of the molecule is Cn1nnnc1SCC(=O)Nc1ccc(C(=O)N[C@H](CN2CCOCC2)c2ccccc2)cc1. The number of nitrogens with zero attached hydrogens (tertiary/aromatic N) is 5. The maximum Gasteiger partial charge on any atom is 0.251 e. The molecule has 0 spiro atoms. The zero-order chi connectivity index (χ0) is 23.8. The normalized spacial score (nSPS) is 15.0. The molecule has 2 aromatic carbocycles. The maximum absolute atomic E-state index is 13.0. The first-order chi connectivity index (χ1) is 16.6. The first-order valence-electron chi connectivity index (χ1n) is 11.0. The van der Waals surface area contributed by atoms with Gasteiger partial charge in [0.25, 0.3) is 5.91 Å². The van der Waals surface area contributed by atoms with Crippen LogP contribution in [-0.2, 0) is 16.6 Å². The Kier molecular flexibility index (Phi) is 8.23. The van der Waals surface area contributed by atoms with E-state index in [0.717, 1.165) is 18.7 Å². The molecule has 0 saturated carbocycles. The van der Waals surface area contributed by atoms with Crippen molar-refractivity contribution in [1.29, 1.82) is 0 Å². The van der Waals surface area contributed by atoms with E-state index < -0.39 is 0 Å². The predicted molar refractivity (Wildman–Crippen MR) is 129 cm³/mol. The van der Waals surface area contributed by atoms with Crippen LogP contribution in [-0.4, -0.2) is 75.5 Å². The Labute approximate surface area is 202 Å². The smallest absolute Gasteiger partial charge is 0.251 e. The highest BCUT2D eigenvalue weighted by atomic mass is 32.2. The third kappa shape index (κ3) is 6.62. The van der Waals surface area contributed by atoms with Gasteiger partial charge in [-0.2, -0.15) is 0 Å². The summed E-state index contributed by atoms with van der Waals surface area (Å²) in [4.78, 5) is 27.5. The average molecular weight is 482 g/mol. The fourth-order valence-electron chi connectivity index (χ4n) is 3.58. The molecule has 178 valence electrons. The van der Waals surface area contributed by atoms with Crippen LogP contribution < -0.4 is 10.6 Å². The molecular formula is C23H27N7O3S. The molecule has 34 heavy (non-hydrogen) atoms. The number of carbonyl (C=O) groups excluding carboxylic acids is 2. The highest BCUT2D eigenvalue weighted by Gasteiger charge is 2.21. The summed E-state index contributed by atoms with van der Waals surface area (Å²) in [6.45, 7) is 3.82. The lowest BCUT2D eigenvalue weighted by atomic mass is 10.1. The number of hydrogen-bond donors (Lipinski definition) is 2. The van der Waals surface area contributed by atoms with Crippen molar-refractivity contribution < 1.29 is 14.3 Å². The molecule has 1 fully saturated rings. The third-order valence-corrected chi connectivity index (χ3v) is 6.41. The Morgan fingerprint density at radius 3 is 2.50 bits per heavy atom. The number of aryl methyl sites for hydroxylation is 1. The molecule has 0 unspecified atom stereocenters. The van der Waals surface area contributed by atoms with Gasteiger partial charge in [-0.15, -0.1) is 5.10 Å². The molecule has 1 aromatic heterocycles. The van der Waals surface area contributed by atoms with Crippen LogP contribution in [0.25, 0.3) is 0 Å². The number of aromatic nitrogens is 4. The minimum Gasteiger partial charge on any atom is -0.379 e. The van der Waals surface area contributed by atoms with Crippen LogP contribution in [0.5, 0.6) is 0 Å². The monoisotopic (exact) mass is 481 g/mol. The van der Waals surface area contributed by atoms with Gasteiger partial charge in [-0.25, -0.2) is 4.68 Å². The molecule has 1 aliphatic heterocycles. The zero-order valence-electron chi connectivity index (χ0n) is 18.9. The number of nitrogens with one attached hydrogen (secondary N) is 2. The fraction of sp³-hybridized carbons (Fsp3) is 0.348. The summed E-state index contributed by atoms with van der Waals surface area (Å²) in [5.41, 5.74) is 2.20. The third-order valence-electron chi connectivity index (χ3n) is 5.40. The predicted octanol–water partition coefficient (Wildman–Crippen LogP) is 1.74. The second-order valence-corrected chi connectivity index (χ2v) is 8.79. The van der Waals surface area contributed by atoms with Gasteiger partial charge in [0.15, 0.2) is 0 Å². The summed E-state index contributed by atoms with van der Waals surface area (Å²) in [6.07, 6.45) is 0. The van der Waals surface area contributed by atoms with E-state index in [9.17, 15) is 9.59 Å². The topological polar surface area (TPSA) is 114 Å². The molecule has 2 heterocycles. The molecule has 1 atom stereocenters. The Morgan fingerprint density at radius 1 is 1.09 bits per heavy atom. The summed E-state index contributed by atoms with van der Waals surface area (Å²) in [5, 5.41) is 17.7. The highest BCUT2D eigenvalue weighted by Crippen LogP contribution is 2.18. The molecule has 2 N–H and O–H groups in total. The molecule has 0 aliphatic carbocycles. The van der Waals surface area contributed by atoms with E-state index in [0.29, 0.717) is 36.2 Å². The van der Waals surface area contributed by atoms with Gasteiger partial charge in [0, 0.05) is 37.9 Å². The van der Waals surface area contributed by atoms with E-state index in [1.165, 1.54) is 16.4 Å². The van der Waals surface area contributed by atoms with Crippen molar-refractivity contribution >= 4 is 29.3 Å². The number of benzene rings is 2. The van der Waals surface area contributed by atoms with Crippen molar-refractivity contribution in [2.45, 2.75) is 11.2 Å². The number of anilines is 1. The lowest BCUT2D eigenvalue weighted by Gasteiger charge is -2.31. The molecule has 10 nitrogen and oxygen atoms in total. The number of tetrazole rings is 1. The molecule has 4 rings (SSSR count). The Bertz CT molecular complexity index is 1090. The van der Waals surface area contributed by atoms with Gasteiger partial charge in [-0.05, 0) is 40.3 Å². The number of amides is 2. The van der Waals surface area contributed by atoms with Crippen LogP contribution in [0, 0.1) is 0 Å². The minimum absolute atomic E-state index is 0.140. The van der Waals surface area contributed by atoms with E-state index in [-0.39, 0.29) is 23.6 Å². The number of carbonyl (C=O) groups is 2. The summed E-state index contributed by atoms with van der Waals surface area (Å²) in [7, 11) is 1.72. The molecule has 0 radical (unpaired) electrons. The Balaban J connectivity index is 1.34. The lowest BCUT2D eigenvalue weighted by Crippen LogP contribution is -2.43. The lowest BCUT2D eigenvalue weighted by molar-refractivity contribution is -0.113. The number of morpholine rings is 1. The van der Waals surface area contributed by atoms with Gasteiger partial charge in [-0.1, -0.05) is 42.1 Å². The summed E-state index contributed by atoms with van der Waals surface area (Å²) in [6, 6.07) is 16.7. The molecular weight excluding hydrogens is 454 g/mol. The quantitative estimate of drug-likeness (QED) is 0.444. The molecule has 1 aliphatic rings. The summed E-state index contributed by atoms with van der Waals surface area (Å²) in [5.74, 6) is -0.165. The van der Waals surface area contributed by atoms with E-state index in [1.807, 2.05) is 30.3 Å². The van der Waals surface area contributed by atoms with E-state index >= 15 is 0 Å². The number of hydrogen-bond acceptors (Lipinski definition) is 8. The Hall–Kier alpha value is -3.28. The van der Waals surface area contributed by atoms with Gasteiger partial charge in [0.1, 0.15) is 0 Å². The first-order valence-corrected chi connectivity index (χ1v) is 12.0. The number of thioether (sulfide) groups is 1. The van der Waals surface area contributed by atoms with Crippen molar-refractivity contribution in [1.82, 2.24) is 30.4 Å². The van der Waals surface area contributed by atoms with Crippen molar-refractivity contribution in [2.75, 3.05) is 43.9 Å². The van der Waals surface area contributed by atoms with Crippen molar-refractivity contribution in [3.63, 3.8) is 0 Å². The number of rotatable bonds is 9. The number of ether oxygens (including phenoxy) is 1. The summed E-state index contributed by atoms with van der Waals surface area (Å²) < 4.78 is 6.95. The van der Waals surface area contributed by atoms with E-state index in [4.69, 9.17) is 4.74 Å². The minimum atomic E-state index is -0.181. The van der Waals surface area contributed by atoms with Crippen LogP contribution in [0.3, 0.4) is 0 Å². The maximum atomic E-state index is 13.0. The van der Waals surface area contributed by atoms with Crippen LogP contribution in [0.1, 0.15) is 22.0 Å². The van der Waals surface area contributed by atoms with E-state index in [2.05, 4.69) is 31.1 Å². The van der Waals surface area contributed by atoms with E-state index in [1.54, 1.807) is 31.3 Å². The molecule has 1 saturated heterocycles. The molecule has 11 heteroatoms. The Morgan fingerprint density at radius 2 is 1.82 bits per heavy atom. The van der Waals surface area contributed by atoms with Gasteiger partial charge in [-0.3, -0.25) is 14.5 Å². The van der Waals surface area contributed by atoms with Crippen LogP contribution in [0.2, 0.25) is 0 Å². The van der Waals surface area contributed by atoms with Gasteiger partial charge in [0.2, 0.25) is 11.1 Å². The van der Waals surface area contributed by atoms with Crippen molar-refractivity contribution in [2.24, 2.45) is 7.05 Å². The summed E-state index contributed by atoms with van der Waals surface area (Å²) >= 11 is 1.25. The van der Waals surface area contributed by atoms with Crippen molar-refractivity contribution in [3.05, 3.63) is 65.7 Å². The second-order valence-electron chi connectivity index (χ2n) is 7.85. The first kappa shape index (κ1) is 23.9. The van der Waals surface area contributed by atoms with Crippen LogP contribution in [0.15, 0.2) is 59.8 Å². The largest absolute Gasteiger partial charge is 0.379 e. The fourth-order valence-corrected chi connectivity index (χ4v) is 4.23. The standard InChI is InChI=1S/C23H27N7O3S/c1-29-23(26-27-28-29)34-16-21(31)24-19-9-7-18(8-10-19)22(32)25-20(17-5-3-2-4-6-17)15-30-11-13-33-14-12-30/h2-10,20H,11-16H2,1H3,(H,24,31)(H,25,32)/t20-/m1/s1. The second kappa shape index (κ2) is 11.7. The van der Waals surface area contributed by atoms with Gasteiger partial charge >= 0.3 is 0 Å². The average Bonchev–Trinajstić information content (AvgIpc) is 3.28. The van der Waals surface area contributed by atoms with Gasteiger partial charge < -0.3 is 15.4 Å². The van der Waals surface area contributed by atoms with Crippen LogP contribution in [0.4, 0.5) is 5.69 Å². The van der Waals surface area contributed by atoms with Crippen LogP contribution >= 0.6 is 11.8 Å². The van der Waals surface area contributed by atoms with Crippen molar-refractivity contribution in [3.8, 4) is 0 Å². The highest BCUT2D eigenvalue weighted by molar-refractivity contribution is 7.99. The van der Waals surface area contributed by atoms with Gasteiger partial charge in [0.05, 0.1) is 25.0 Å².